The van der Waals surface area contributed by atoms with E-state index in [0.29, 0.717) is 24.2 Å². The van der Waals surface area contributed by atoms with Gasteiger partial charge in [-0.2, -0.15) is 0 Å². The highest BCUT2D eigenvalue weighted by Gasteiger charge is 2.44. The first kappa shape index (κ1) is 12.0. The number of amides is 2. The zero-order valence-electron chi connectivity index (χ0n) is 11.1. The van der Waals surface area contributed by atoms with Gasteiger partial charge in [0.1, 0.15) is 0 Å². The monoisotopic (exact) mass is 250 g/mol. The van der Waals surface area contributed by atoms with E-state index >= 15 is 0 Å². The van der Waals surface area contributed by atoms with Crippen molar-refractivity contribution in [2.75, 3.05) is 13.1 Å². The van der Waals surface area contributed by atoms with Gasteiger partial charge in [-0.1, -0.05) is 6.92 Å². The highest BCUT2D eigenvalue weighted by molar-refractivity contribution is 5.82. The van der Waals surface area contributed by atoms with Crippen LogP contribution in [0.3, 0.4) is 0 Å². The van der Waals surface area contributed by atoms with Gasteiger partial charge in [-0.15, -0.1) is 0 Å². The van der Waals surface area contributed by atoms with E-state index in [2.05, 4.69) is 12.2 Å². The highest BCUT2D eigenvalue weighted by Crippen LogP contribution is 2.40. The lowest BCUT2D eigenvalue weighted by atomic mass is 9.80. The maximum absolute atomic E-state index is 12.1. The molecular formula is C14H22N2O2. The van der Waals surface area contributed by atoms with Crippen LogP contribution < -0.4 is 5.32 Å². The molecule has 2 heterocycles. The van der Waals surface area contributed by atoms with Gasteiger partial charge < -0.3 is 10.2 Å². The summed E-state index contributed by atoms with van der Waals surface area (Å²) < 4.78 is 0. The Labute approximate surface area is 108 Å². The molecule has 1 saturated carbocycles. The van der Waals surface area contributed by atoms with Crippen molar-refractivity contribution in [3.05, 3.63) is 0 Å². The molecule has 2 amide bonds. The molecule has 0 aromatic rings. The van der Waals surface area contributed by atoms with E-state index in [1.54, 1.807) is 0 Å². The molecule has 2 atom stereocenters. The number of piperidine rings is 2. The molecule has 3 rings (SSSR count). The van der Waals surface area contributed by atoms with Crippen molar-refractivity contribution in [3.8, 4) is 0 Å². The summed E-state index contributed by atoms with van der Waals surface area (Å²) in [6, 6.07) is 0. The summed E-state index contributed by atoms with van der Waals surface area (Å²) in [4.78, 5) is 25.7. The second kappa shape index (κ2) is 4.25. The first-order valence-corrected chi connectivity index (χ1v) is 7.19. The summed E-state index contributed by atoms with van der Waals surface area (Å²) in [5, 5.41) is 3.17. The smallest absolute Gasteiger partial charge is 0.225 e. The number of carbonyl (C=O) groups excluding carboxylic acids is 2. The molecule has 1 N–H and O–H groups in total. The van der Waals surface area contributed by atoms with Crippen molar-refractivity contribution >= 4 is 11.8 Å². The Morgan fingerprint density at radius 2 is 2.00 bits per heavy atom. The van der Waals surface area contributed by atoms with Crippen LogP contribution in [0.1, 0.15) is 45.4 Å². The van der Waals surface area contributed by atoms with E-state index in [1.165, 1.54) is 0 Å². The van der Waals surface area contributed by atoms with Gasteiger partial charge in [0.05, 0.1) is 0 Å². The Morgan fingerprint density at radius 3 is 2.56 bits per heavy atom. The van der Waals surface area contributed by atoms with Gasteiger partial charge in [-0.3, -0.25) is 9.59 Å². The average molecular weight is 250 g/mol. The van der Waals surface area contributed by atoms with Crippen LogP contribution in [0.2, 0.25) is 0 Å². The van der Waals surface area contributed by atoms with Crippen LogP contribution in [0.25, 0.3) is 0 Å². The van der Waals surface area contributed by atoms with Gasteiger partial charge in [0.2, 0.25) is 11.8 Å². The molecule has 0 bridgehead atoms. The molecule has 2 aliphatic heterocycles. The number of hydrogen-bond acceptors (Lipinski definition) is 2. The zero-order valence-corrected chi connectivity index (χ0v) is 11.1. The highest BCUT2D eigenvalue weighted by atomic mass is 16.2. The predicted octanol–water partition coefficient (Wildman–Crippen LogP) is 1.30. The molecule has 3 fully saturated rings. The summed E-state index contributed by atoms with van der Waals surface area (Å²) in [6.07, 6.45) is 5.69. The first-order valence-electron chi connectivity index (χ1n) is 7.19. The molecule has 3 aliphatic rings. The lowest BCUT2D eigenvalue weighted by molar-refractivity contribution is -0.135. The summed E-state index contributed by atoms with van der Waals surface area (Å²) >= 11 is 0. The Kier molecular flexibility index (Phi) is 2.83. The van der Waals surface area contributed by atoms with E-state index in [1.807, 2.05) is 4.90 Å². The molecule has 2 saturated heterocycles. The van der Waals surface area contributed by atoms with Crippen molar-refractivity contribution in [2.45, 2.75) is 51.0 Å². The number of carbonyl (C=O) groups is 2. The fraction of sp³-hybridized carbons (Fsp3) is 0.857. The molecular weight excluding hydrogens is 228 g/mol. The molecule has 1 spiro atoms. The number of rotatable bonds is 1. The van der Waals surface area contributed by atoms with Crippen LogP contribution in [0, 0.1) is 11.8 Å². The van der Waals surface area contributed by atoms with Gasteiger partial charge in [-0.05, 0) is 38.0 Å². The first-order chi connectivity index (χ1) is 8.60. The van der Waals surface area contributed by atoms with Crippen LogP contribution in [0.5, 0.6) is 0 Å². The maximum Gasteiger partial charge on any atom is 0.225 e. The minimum absolute atomic E-state index is 0.00127. The largest absolute Gasteiger partial charge is 0.351 e. The van der Waals surface area contributed by atoms with Crippen molar-refractivity contribution < 1.29 is 9.59 Å². The van der Waals surface area contributed by atoms with Gasteiger partial charge in [0, 0.05) is 31.0 Å². The number of likely N-dealkylation sites (tertiary alicyclic amines) is 1. The standard InChI is InChI=1S/C14H22N2O2/c1-10-9-11(10)13(18)16-7-5-14(6-8-16)4-2-3-12(17)15-14/h10-11H,2-9H2,1H3,(H,15,17). The second-order valence-electron chi connectivity index (χ2n) is 6.33. The topological polar surface area (TPSA) is 49.4 Å². The quantitative estimate of drug-likeness (QED) is 0.762. The van der Waals surface area contributed by atoms with E-state index in [0.717, 1.165) is 45.2 Å². The van der Waals surface area contributed by atoms with Crippen LogP contribution in [0.15, 0.2) is 0 Å². The fourth-order valence-corrected chi connectivity index (χ4v) is 3.44. The molecule has 4 heteroatoms. The third-order valence-electron chi connectivity index (χ3n) is 4.92. The molecule has 100 valence electrons. The molecule has 0 aromatic carbocycles. The lowest BCUT2D eigenvalue weighted by Crippen LogP contribution is -2.58. The van der Waals surface area contributed by atoms with Crippen LogP contribution in [-0.4, -0.2) is 35.3 Å². The van der Waals surface area contributed by atoms with E-state index < -0.39 is 0 Å². The minimum Gasteiger partial charge on any atom is -0.351 e. The minimum atomic E-state index is 0.00127. The fourth-order valence-electron chi connectivity index (χ4n) is 3.44. The maximum atomic E-state index is 12.1. The van der Waals surface area contributed by atoms with Crippen molar-refractivity contribution in [3.63, 3.8) is 0 Å². The lowest BCUT2D eigenvalue weighted by Gasteiger charge is -2.44. The number of hydrogen-bond donors (Lipinski definition) is 1. The molecule has 2 unspecified atom stereocenters. The van der Waals surface area contributed by atoms with E-state index in [-0.39, 0.29) is 11.4 Å². The number of nitrogens with zero attached hydrogens (tertiary/aromatic N) is 1. The van der Waals surface area contributed by atoms with Crippen LogP contribution >= 0.6 is 0 Å². The summed E-state index contributed by atoms with van der Waals surface area (Å²) in [5.41, 5.74) is 0.00127. The van der Waals surface area contributed by atoms with Gasteiger partial charge in [0.25, 0.3) is 0 Å². The van der Waals surface area contributed by atoms with Crippen molar-refractivity contribution in [1.29, 1.82) is 0 Å². The second-order valence-corrected chi connectivity index (χ2v) is 6.33. The van der Waals surface area contributed by atoms with Gasteiger partial charge in [0.15, 0.2) is 0 Å². The Bertz CT molecular complexity index is 372. The van der Waals surface area contributed by atoms with Gasteiger partial charge >= 0.3 is 0 Å². The molecule has 1 aliphatic carbocycles. The summed E-state index contributed by atoms with van der Waals surface area (Å²) in [7, 11) is 0. The SMILES string of the molecule is CC1CC1C(=O)N1CCC2(CCCC(=O)N2)CC1. The van der Waals surface area contributed by atoms with Crippen LogP contribution in [0.4, 0.5) is 0 Å². The molecule has 0 aromatic heterocycles. The Hall–Kier alpha value is -1.06. The summed E-state index contributed by atoms with van der Waals surface area (Å²) in [5.74, 6) is 1.42. The molecule has 4 nitrogen and oxygen atoms in total. The van der Waals surface area contributed by atoms with Crippen molar-refractivity contribution in [1.82, 2.24) is 10.2 Å². The van der Waals surface area contributed by atoms with Gasteiger partial charge in [-0.25, -0.2) is 0 Å². The van der Waals surface area contributed by atoms with Crippen LogP contribution in [-0.2, 0) is 9.59 Å². The normalized spacial score (nSPS) is 34.3. The Morgan fingerprint density at radius 1 is 1.33 bits per heavy atom. The molecule has 18 heavy (non-hydrogen) atoms. The Balaban J connectivity index is 1.57. The van der Waals surface area contributed by atoms with Crippen molar-refractivity contribution in [2.24, 2.45) is 11.8 Å². The predicted molar refractivity (Wildman–Crippen MR) is 67.8 cm³/mol. The summed E-state index contributed by atoms with van der Waals surface area (Å²) in [6.45, 7) is 3.79. The van der Waals surface area contributed by atoms with E-state index in [9.17, 15) is 9.59 Å². The average Bonchev–Trinajstić information content (AvgIpc) is 3.06. The number of nitrogens with one attached hydrogen (secondary N) is 1. The zero-order chi connectivity index (χ0) is 12.8. The third kappa shape index (κ3) is 2.13. The van der Waals surface area contributed by atoms with E-state index in [4.69, 9.17) is 0 Å². The third-order valence-corrected chi connectivity index (χ3v) is 4.92. The molecule has 0 radical (unpaired) electrons.